The molecule has 1 unspecified atom stereocenters. The van der Waals surface area contributed by atoms with Crippen molar-refractivity contribution in [3.63, 3.8) is 0 Å². The molecule has 0 spiro atoms. The summed E-state index contributed by atoms with van der Waals surface area (Å²) >= 11 is 0. The highest BCUT2D eigenvalue weighted by Gasteiger charge is 2.49. The van der Waals surface area contributed by atoms with E-state index < -0.39 is 5.41 Å². The highest BCUT2D eigenvalue weighted by atomic mass is 16.5. The molecule has 16 heavy (non-hydrogen) atoms. The van der Waals surface area contributed by atoms with Crippen molar-refractivity contribution in [2.45, 2.75) is 51.9 Å². The van der Waals surface area contributed by atoms with Gasteiger partial charge in [0.05, 0.1) is 6.61 Å². The van der Waals surface area contributed by atoms with Gasteiger partial charge in [0.15, 0.2) is 0 Å². The first kappa shape index (κ1) is 11.6. The van der Waals surface area contributed by atoms with Crippen molar-refractivity contribution in [1.82, 2.24) is 0 Å². The molecule has 3 heteroatoms. The summed E-state index contributed by atoms with van der Waals surface area (Å²) in [5, 5.41) is 0. The number of cyclic esters (lactones) is 1. The fourth-order valence-corrected chi connectivity index (χ4v) is 3.09. The Balaban J connectivity index is 2.08. The van der Waals surface area contributed by atoms with E-state index in [2.05, 4.69) is 0 Å². The van der Waals surface area contributed by atoms with Crippen molar-refractivity contribution < 1.29 is 14.3 Å². The van der Waals surface area contributed by atoms with Gasteiger partial charge in [-0.2, -0.15) is 0 Å². The minimum atomic E-state index is -0.790. The standard InChI is InChI=1S/C13H20O3/c1-10(14)13(7-8-16-12(13)15)9-11-5-3-2-4-6-11/h11H,2-9H2,1H3. The summed E-state index contributed by atoms with van der Waals surface area (Å²) < 4.78 is 5.01. The quantitative estimate of drug-likeness (QED) is 0.546. The molecule has 0 radical (unpaired) electrons. The van der Waals surface area contributed by atoms with Gasteiger partial charge < -0.3 is 4.74 Å². The smallest absolute Gasteiger partial charge is 0.319 e. The Labute approximate surface area is 96.5 Å². The van der Waals surface area contributed by atoms with Crippen molar-refractivity contribution in [2.24, 2.45) is 11.3 Å². The van der Waals surface area contributed by atoms with Crippen LogP contribution in [0.2, 0.25) is 0 Å². The molecule has 1 saturated heterocycles. The monoisotopic (exact) mass is 224 g/mol. The van der Waals surface area contributed by atoms with Gasteiger partial charge in [0.2, 0.25) is 0 Å². The van der Waals surface area contributed by atoms with E-state index in [0.717, 1.165) is 6.42 Å². The summed E-state index contributed by atoms with van der Waals surface area (Å²) in [5.74, 6) is 0.273. The lowest BCUT2D eigenvalue weighted by Crippen LogP contribution is -2.36. The minimum Gasteiger partial charge on any atom is -0.465 e. The van der Waals surface area contributed by atoms with Crippen LogP contribution in [0.15, 0.2) is 0 Å². The zero-order valence-corrected chi connectivity index (χ0v) is 9.96. The molecular formula is C13H20O3. The fourth-order valence-electron chi connectivity index (χ4n) is 3.09. The predicted molar refractivity (Wildman–Crippen MR) is 59.9 cm³/mol. The van der Waals surface area contributed by atoms with E-state index in [1.54, 1.807) is 0 Å². The topological polar surface area (TPSA) is 43.4 Å². The van der Waals surface area contributed by atoms with Crippen molar-refractivity contribution >= 4 is 11.8 Å². The highest BCUT2D eigenvalue weighted by Crippen LogP contribution is 2.41. The molecule has 1 aliphatic carbocycles. The number of hydrogen-bond acceptors (Lipinski definition) is 3. The van der Waals surface area contributed by atoms with Crippen LogP contribution < -0.4 is 0 Å². The van der Waals surface area contributed by atoms with Gasteiger partial charge in [0.25, 0.3) is 0 Å². The van der Waals surface area contributed by atoms with E-state index in [1.165, 1.54) is 39.0 Å². The molecule has 0 bridgehead atoms. The number of esters is 1. The lowest BCUT2D eigenvalue weighted by Gasteiger charge is -2.29. The lowest BCUT2D eigenvalue weighted by molar-refractivity contribution is -0.151. The average Bonchev–Trinajstić information content (AvgIpc) is 2.63. The van der Waals surface area contributed by atoms with Crippen LogP contribution in [0.25, 0.3) is 0 Å². The van der Waals surface area contributed by atoms with Crippen LogP contribution in [0.4, 0.5) is 0 Å². The van der Waals surface area contributed by atoms with Crippen LogP contribution in [0.5, 0.6) is 0 Å². The summed E-state index contributed by atoms with van der Waals surface area (Å²) in [5.41, 5.74) is -0.790. The Morgan fingerprint density at radius 3 is 2.56 bits per heavy atom. The minimum absolute atomic E-state index is 0.000531. The Hall–Kier alpha value is -0.860. The average molecular weight is 224 g/mol. The number of ether oxygens (including phenoxy) is 1. The highest BCUT2D eigenvalue weighted by molar-refractivity contribution is 6.03. The molecule has 1 saturated carbocycles. The van der Waals surface area contributed by atoms with Gasteiger partial charge in [0, 0.05) is 6.42 Å². The zero-order valence-electron chi connectivity index (χ0n) is 9.96. The van der Waals surface area contributed by atoms with E-state index in [1.807, 2.05) is 0 Å². The summed E-state index contributed by atoms with van der Waals surface area (Å²) in [7, 11) is 0. The molecule has 3 nitrogen and oxygen atoms in total. The van der Waals surface area contributed by atoms with E-state index in [0.29, 0.717) is 18.9 Å². The molecule has 90 valence electrons. The molecule has 2 fully saturated rings. The Morgan fingerprint density at radius 2 is 2.06 bits per heavy atom. The van der Waals surface area contributed by atoms with Crippen molar-refractivity contribution in [2.75, 3.05) is 6.61 Å². The number of Topliss-reactive ketones (excluding diaryl/α,β-unsaturated/α-hetero) is 1. The molecule has 0 aromatic rings. The predicted octanol–water partition coefficient (Wildman–Crippen LogP) is 2.48. The van der Waals surface area contributed by atoms with Gasteiger partial charge in [0.1, 0.15) is 11.2 Å². The van der Waals surface area contributed by atoms with Crippen LogP contribution in [0.3, 0.4) is 0 Å². The Morgan fingerprint density at radius 1 is 1.38 bits per heavy atom. The molecule has 1 atom stereocenters. The lowest BCUT2D eigenvalue weighted by atomic mass is 9.71. The summed E-state index contributed by atoms with van der Waals surface area (Å²) in [6.45, 7) is 1.96. The van der Waals surface area contributed by atoms with Crippen LogP contribution in [0.1, 0.15) is 51.9 Å². The van der Waals surface area contributed by atoms with Gasteiger partial charge in [-0.3, -0.25) is 9.59 Å². The van der Waals surface area contributed by atoms with Crippen LogP contribution in [0, 0.1) is 11.3 Å². The maximum atomic E-state index is 11.8. The van der Waals surface area contributed by atoms with Crippen molar-refractivity contribution in [3.8, 4) is 0 Å². The van der Waals surface area contributed by atoms with Gasteiger partial charge in [-0.1, -0.05) is 32.1 Å². The third-order valence-electron chi connectivity index (χ3n) is 4.19. The maximum Gasteiger partial charge on any atom is 0.319 e. The number of carbonyl (C=O) groups is 2. The molecular weight excluding hydrogens is 204 g/mol. The summed E-state index contributed by atoms with van der Waals surface area (Å²) in [4.78, 5) is 23.5. The van der Waals surface area contributed by atoms with Crippen LogP contribution in [-0.4, -0.2) is 18.4 Å². The molecule has 1 heterocycles. The third kappa shape index (κ3) is 2.00. The zero-order chi connectivity index (χ0) is 11.6. The molecule has 0 aromatic heterocycles. The normalized spacial score (nSPS) is 31.4. The second kappa shape index (κ2) is 4.56. The first-order valence-corrected chi connectivity index (χ1v) is 6.33. The Bertz CT molecular complexity index is 292. The molecule has 1 aliphatic heterocycles. The molecule has 2 aliphatic rings. The first-order valence-electron chi connectivity index (χ1n) is 6.33. The Kier molecular flexibility index (Phi) is 3.31. The third-order valence-corrected chi connectivity index (χ3v) is 4.19. The van der Waals surface area contributed by atoms with E-state index in [9.17, 15) is 9.59 Å². The van der Waals surface area contributed by atoms with Crippen molar-refractivity contribution in [1.29, 1.82) is 0 Å². The maximum absolute atomic E-state index is 11.8. The largest absolute Gasteiger partial charge is 0.465 e. The number of ketones is 1. The molecule has 0 aromatic carbocycles. The van der Waals surface area contributed by atoms with Crippen molar-refractivity contribution in [3.05, 3.63) is 0 Å². The molecule has 0 amide bonds. The van der Waals surface area contributed by atoms with E-state index >= 15 is 0 Å². The van der Waals surface area contributed by atoms with E-state index in [4.69, 9.17) is 4.74 Å². The fraction of sp³-hybridized carbons (Fsp3) is 0.846. The number of hydrogen-bond donors (Lipinski definition) is 0. The van der Waals surface area contributed by atoms with Crippen LogP contribution in [-0.2, 0) is 14.3 Å². The number of carbonyl (C=O) groups excluding carboxylic acids is 2. The van der Waals surface area contributed by atoms with Gasteiger partial charge in [-0.15, -0.1) is 0 Å². The first-order chi connectivity index (χ1) is 7.65. The van der Waals surface area contributed by atoms with Gasteiger partial charge in [-0.25, -0.2) is 0 Å². The second-order valence-corrected chi connectivity index (χ2v) is 5.23. The molecule has 2 rings (SSSR count). The summed E-state index contributed by atoms with van der Waals surface area (Å²) in [6.07, 6.45) is 7.44. The van der Waals surface area contributed by atoms with Crippen LogP contribution >= 0.6 is 0 Å². The second-order valence-electron chi connectivity index (χ2n) is 5.23. The summed E-state index contributed by atoms with van der Waals surface area (Å²) in [6, 6.07) is 0. The van der Waals surface area contributed by atoms with Gasteiger partial charge in [-0.05, 0) is 19.3 Å². The van der Waals surface area contributed by atoms with Gasteiger partial charge >= 0.3 is 5.97 Å². The van der Waals surface area contributed by atoms with E-state index in [-0.39, 0.29) is 11.8 Å². The SMILES string of the molecule is CC(=O)C1(CC2CCCCC2)CCOC1=O. The number of rotatable bonds is 3. The molecule has 0 N–H and O–H groups in total.